The first kappa shape index (κ1) is 64.4. The molecule has 0 spiro atoms. The molecule has 9 amide bonds. The van der Waals surface area contributed by atoms with E-state index in [4.69, 9.17) is 40.3 Å². The van der Waals surface area contributed by atoms with Gasteiger partial charge in [0.25, 0.3) is 18.3 Å². The van der Waals surface area contributed by atoms with Crippen molar-refractivity contribution in [3.63, 3.8) is 0 Å². The molecule has 0 unspecified atom stereocenters. The third-order valence-corrected chi connectivity index (χ3v) is 13.5. The molecule has 448 valence electrons. The lowest BCUT2D eigenvalue weighted by Crippen LogP contribution is -2.59. The number of primary amides is 1. The van der Waals surface area contributed by atoms with Crippen LogP contribution in [0.2, 0.25) is 0 Å². The minimum absolute atomic E-state index is 0.0111. The fraction of sp³-hybridized carbons (Fsp3) is 0.646. The van der Waals surface area contributed by atoms with Crippen LogP contribution in [0.15, 0.2) is 30.4 Å². The first-order valence-corrected chi connectivity index (χ1v) is 27.0. The topological polar surface area (TPSA) is 438 Å². The number of urea groups is 1. The maximum atomic E-state index is 13.9. The van der Waals surface area contributed by atoms with Gasteiger partial charge in [-0.25, -0.2) is 14.3 Å². The molecule has 7 atom stereocenters. The highest BCUT2D eigenvalue weighted by molar-refractivity contribution is 7.88. The molecule has 1 saturated carbocycles. The van der Waals surface area contributed by atoms with Gasteiger partial charge in [-0.1, -0.05) is 19.9 Å². The minimum atomic E-state index is -4.38. The van der Waals surface area contributed by atoms with E-state index in [-0.39, 0.29) is 117 Å². The number of rotatable bonds is 35. The Labute approximate surface area is 462 Å². The van der Waals surface area contributed by atoms with Gasteiger partial charge in [0.05, 0.1) is 59.4 Å². The summed E-state index contributed by atoms with van der Waals surface area (Å²) >= 11 is 0. The molecule has 0 bridgehead atoms. The number of hydrogen-bond acceptors (Lipinski definition) is 22. The van der Waals surface area contributed by atoms with Crippen molar-refractivity contribution >= 4 is 69.9 Å². The largest absolute Gasteiger partial charge is 0.463 e. The van der Waals surface area contributed by atoms with Crippen molar-refractivity contribution in [3.05, 3.63) is 41.5 Å². The van der Waals surface area contributed by atoms with Crippen molar-refractivity contribution in [2.45, 2.75) is 108 Å². The molecule has 2 fully saturated rings. The molecule has 0 radical (unpaired) electrons. The zero-order chi connectivity index (χ0) is 59.8. The van der Waals surface area contributed by atoms with Crippen molar-refractivity contribution in [2.24, 2.45) is 17.6 Å². The van der Waals surface area contributed by atoms with E-state index in [2.05, 4.69) is 26.0 Å². The maximum absolute atomic E-state index is 13.9. The number of nitrogens with two attached hydrogens (primary N) is 1. The number of aliphatic hydroxyl groups excluding tert-OH is 4. The van der Waals surface area contributed by atoms with Gasteiger partial charge in [-0.05, 0) is 54.9 Å². The van der Waals surface area contributed by atoms with E-state index in [9.17, 15) is 72.0 Å². The lowest BCUT2D eigenvalue weighted by molar-refractivity contribution is -0.302. The lowest BCUT2D eigenvalue weighted by atomic mass is 9.81. The second-order valence-corrected chi connectivity index (χ2v) is 20.3. The molecule has 4 rings (SSSR count). The summed E-state index contributed by atoms with van der Waals surface area (Å²) in [5.74, 6) is -4.44. The molecule has 80 heavy (non-hydrogen) atoms. The van der Waals surface area contributed by atoms with E-state index in [0.29, 0.717) is 11.1 Å². The van der Waals surface area contributed by atoms with Crippen molar-refractivity contribution in [3.8, 4) is 0 Å². The van der Waals surface area contributed by atoms with E-state index in [0.717, 1.165) is 17.1 Å². The van der Waals surface area contributed by atoms with Crippen molar-refractivity contribution in [1.29, 1.82) is 0 Å². The summed E-state index contributed by atoms with van der Waals surface area (Å²) in [5, 5.41) is 49.4. The molecule has 31 nitrogen and oxygen atoms in total. The van der Waals surface area contributed by atoms with Gasteiger partial charge in [-0.15, -0.1) is 0 Å². The summed E-state index contributed by atoms with van der Waals surface area (Å²) in [6.07, 6.45) is -8.21. The van der Waals surface area contributed by atoms with Crippen LogP contribution in [0.1, 0.15) is 58.4 Å². The Hall–Kier alpha value is -6.46. The molecule has 1 aliphatic carbocycles. The van der Waals surface area contributed by atoms with Crippen LogP contribution in [-0.4, -0.2) is 221 Å². The number of carbonyl (C=O) groups excluding carboxylic acids is 9. The van der Waals surface area contributed by atoms with E-state index in [1.807, 2.05) is 0 Å². The van der Waals surface area contributed by atoms with Gasteiger partial charge >= 0.3 is 22.3 Å². The normalized spacial score (nSPS) is 21.6. The Morgan fingerprint density at radius 2 is 1.57 bits per heavy atom. The zero-order valence-corrected chi connectivity index (χ0v) is 45.2. The second kappa shape index (κ2) is 33.3. The lowest BCUT2D eigenvalue weighted by Gasteiger charge is -2.39. The van der Waals surface area contributed by atoms with Gasteiger partial charge in [-0.3, -0.25) is 38.5 Å². The number of aliphatic hydroxyl groups is 4. The Kier molecular flexibility index (Phi) is 26.8. The third-order valence-electron chi connectivity index (χ3n) is 12.4. The average molecular weight is 1160 g/mol. The van der Waals surface area contributed by atoms with E-state index >= 15 is 0 Å². The number of benzene rings is 1. The SMILES string of the molecule is [2H]C(=O)OCc1ccc(NC(=O)[C@H](CCCNC(N)=O)NC(=O)[C@@H](NC(=O)CCOCCN2C(=O)C=CC2=O)C(C)C)cc1CN(C)C(=O)C1CC(OC(=O)NS(=O)(=O)NCCOCCOCCO[C@@H]2O[C@H](CO)[C@@H](O)[C@H](O)[C@H]2O)C1. The number of amides is 9. The highest BCUT2D eigenvalue weighted by Crippen LogP contribution is 2.32. The average Bonchev–Trinajstić information content (AvgIpc) is 3.76. The Balaban J connectivity index is 1.23. The molecule has 1 aromatic carbocycles. The van der Waals surface area contributed by atoms with Crippen LogP contribution in [0, 0.1) is 11.8 Å². The molecule has 1 aromatic rings. The Morgan fingerprint density at radius 1 is 0.900 bits per heavy atom. The van der Waals surface area contributed by atoms with Crippen molar-refractivity contribution < 1.29 is 107 Å². The first-order chi connectivity index (χ1) is 38.4. The quantitative estimate of drug-likeness (QED) is 0.0175. The Bertz CT molecular complexity index is 2450. The van der Waals surface area contributed by atoms with Gasteiger partial charge in [0, 0.05) is 56.9 Å². The van der Waals surface area contributed by atoms with E-state index in [1.54, 1.807) is 18.6 Å². The summed E-state index contributed by atoms with van der Waals surface area (Å²) in [7, 11) is -2.91. The molecule has 1 saturated heterocycles. The van der Waals surface area contributed by atoms with Crippen molar-refractivity contribution in [1.82, 2.24) is 35.2 Å². The second-order valence-electron chi connectivity index (χ2n) is 18.8. The summed E-state index contributed by atoms with van der Waals surface area (Å²) in [5.41, 5.74) is 6.11. The number of hydrogen-bond donors (Lipinski definition) is 11. The van der Waals surface area contributed by atoms with Gasteiger partial charge in [0.2, 0.25) is 23.6 Å². The number of nitrogens with zero attached hydrogens (tertiary/aromatic N) is 2. The summed E-state index contributed by atoms with van der Waals surface area (Å²) in [6.45, 7) is 1.83. The first-order valence-electron chi connectivity index (χ1n) is 26.0. The van der Waals surface area contributed by atoms with Crippen LogP contribution in [0.3, 0.4) is 0 Å². The summed E-state index contributed by atoms with van der Waals surface area (Å²) < 4.78 is 72.6. The molecule has 2 heterocycles. The monoisotopic (exact) mass is 1160 g/mol. The van der Waals surface area contributed by atoms with Gasteiger partial charge < -0.3 is 85.5 Å². The van der Waals surface area contributed by atoms with Crippen LogP contribution in [-0.2, 0) is 90.1 Å². The number of anilines is 1. The molecule has 32 heteroatoms. The molecular formula is C48H73N9O22S. The van der Waals surface area contributed by atoms with E-state index in [1.165, 1.54) is 30.1 Å². The third kappa shape index (κ3) is 21.9. The predicted molar refractivity (Wildman–Crippen MR) is 274 cm³/mol. The Morgan fingerprint density at radius 3 is 2.24 bits per heavy atom. The standard InChI is InChI=1S/C48H73N9O22S/c1-28(2)39(54-36(60)10-14-73-16-13-57-37(61)8-9-38(57)62)44(67)53-34(5-4-11-50-47(49)69)43(66)52-32-7-6-29(26-76-27-59)31(21-32)24-56(3)45(68)30-22-33(23-30)78-48(70)55-80(71,72)51-12-15-74-17-18-75-19-20-77-46-42(65)41(64)40(63)35(25-58)79-46/h6-9,21,27-28,30,33-35,39-42,46,51,58,63-65H,4-5,10-20,22-26H2,1-3H3,(H,52,66)(H,53,67)(H,54,60)(H,55,70)(H3,49,50,69)/t30?,33?,34-,35+,39-,40+,41-,42+,46+/m0/s1/i27D. The zero-order valence-electron chi connectivity index (χ0n) is 45.4. The molecule has 2 aliphatic heterocycles. The molecule has 12 N–H and O–H groups in total. The highest BCUT2D eigenvalue weighted by atomic mass is 32.2. The number of imide groups is 1. The molecule has 0 aromatic heterocycles. The van der Waals surface area contributed by atoms with Gasteiger partial charge in [-0.2, -0.15) is 13.1 Å². The van der Waals surface area contributed by atoms with Crippen LogP contribution >= 0.6 is 0 Å². The number of carbonyl (C=O) groups is 9. The van der Waals surface area contributed by atoms with Crippen LogP contribution in [0.5, 0.6) is 0 Å². The summed E-state index contributed by atoms with van der Waals surface area (Å²) in [6, 6.07) is 1.28. The fourth-order valence-corrected chi connectivity index (χ4v) is 8.75. The number of ether oxygens (including phenoxy) is 7. The minimum Gasteiger partial charge on any atom is -0.463 e. The smallest absolute Gasteiger partial charge is 0.422 e. The molecule has 3 aliphatic rings. The van der Waals surface area contributed by atoms with Crippen LogP contribution < -0.4 is 36.4 Å². The molecular weight excluding hydrogens is 1090 g/mol. The van der Waals surface area contributed by atoms with Gasteiger partial charge in [0.1, 0.15) is 49.2 Å². The highest BCUT2D eigenvalue weighted by Gasteiger charge is 2.44. The number of nitrogens with one attached hydrogen (secondary N) is 6. The van der Waals surface area contributed by atoms with E-state index < -0.39 is 132 Å². The summed E-state index contributed by atoms with van der Waals surface area (Å²) in [4.78, 5) is 115. The maximum Gasteiger partial charge on any atom is 0.422 e. The van der Waals surface area contributed by atoms with Crippen LogP contribution in [0.4, 0.5) is 15.3 Å². The van der Waals surface area contributed by atoms with Crippen LogP contribution in [0.25, 0.3) is 0 Å². The predicted octanol–water partition coefficient (Wildman–Crippen LogP) is -4.15. The van der Waals surface area contributed by atoms with Crippen molar-refractivity contribution in [2.75, 3.05) is 84.9 Å². The fourth-order valence-electron chi connectivity index (χ4n) is 8.06. The van der Waals surface area contributed by atoms with Gasteiger partial charge in [0.15, 0.2) is 7.66 Å².